The van der Waals surface area contributed by atoms with Gasteiger partial charge in [-0.2, -0.15) is 0 Å². The van der Waals surface area contributed by atoms with Gasteiger partial charge in [0.2, 0.25) is 0 Å². The number of nitrogens with zero attached hydrogens (tertiary/aromatic N) is 2. The normalized spacial score (nSPS) is 17.5. The lowest BCUT2D eigenvalue weighted by Gasteiger charge is -2.43. The van der Waals surface area contributed by atoms with Crippen LogP contribution >= 0.6 is 0 Å². The Morgan fingerprint density at radius 3 is 1.97 bits per heavy atom. The molecule has 0 fully saturated rings. The third kappa shape index (κ3) is 4.21. The van der Waals surface area contributed by atoms with Crippen molar-refractivity contribution < 1.29 is 13.2 Å². The summed E-state index contributed by atoms with van der Waals surface area (Å²) in [7, 11) is -3.88. The van der Waals surface area contributed by atoms with E-state index in [0.29, 0.717) is 17.7 Å². The molecule has 35 heavy (non-hydrogen) atoms. The molecule has 0 spiro atoms. The number of carbonyl (C=O) groups excluding carboxylic acids is 1. The zero-order valence-electron chi connectivity index (χ0n) is 19.4. The molecule has 0 aliphatic carbocycles. The van der Waals surface area contributed by atoms with Gasteiger partial charge in [-0.3, -0.25) is 9.10 Å². The smallest absolute Gasteiger partial charge is 0.264 e. The summed E-state index contributed by atoms with van der Waals surface area (Å²) in [4.78, 5) is 15.6. The molecule has 0 N–H and O–H groups in total. The monoisotopic (exact) mass is 482 g/mol. The number of fused-ring (bicyclic) bond motifs is 1. The Morgan fingerprint density at radius 1 is 0.771 bits per heavy atom. The predicted molar refractivity (Wildman–Crippen MR) is 139 cm³/mol. The van der Waals surface area contributed by atoms with E-state index in [9.17, 15) is 13.2 Å². The molecule has 1 aliphatic heterocycles. The van der Waals surface area contributed by atoms with Gasteiger partial charge in [0.15, 0.2) is 0 Å². The van der Waals surface area contributed by atoms with Gasteiger partial charge in [-0.25, -0.2) is 8.42 Å². The molecule has 1 amide bonds. The molecular formula is C29H26N2O3S. The van der Waals surface area contributed by atoms with Gasteiger partial charge in [-0.1, -0.05) is 72.8 Å². The summed E-state index contributed by atoms with van der Waals surface area (Å²) in [6.45, 7) is 1.97. The average molecular weight is 483 g/mol. The molecule has 176 valence electrons. The maximum atomic E-state index is 14.0. The Labute approximate surface area is 206 Å². The summed E-state index contributed by atoms with van der Waals surface area (Å²) >= 11 is 0. The van der Waals surface area contributed by atoms with E-state index in [4.69, 9.17) is 0 Å². The Balaban J connectivity index is 1.66. The number of para-hydroxylation sites is 2. The van der Waals surface area contributed by atoms with E-state index < -0.39 is 16.1 Å². The van der Waals surface area contributed by atoms with Crippen molar-refractivity contribution in [1.82, 2.24) is 0 Å². The van der Waals surface area contributed by atoms with Crippen LogP contribution in [0, 0.1) is 0 Å². The Kier molecular flexibility index (Phi) is 6.14. The second-order valence-corrected chi connectivity index (χ2v) is 10.5. The molecule has 1 aliphatic rings. The number of benzene rings is 4. The van der Waals surface area contributed by atoms with Crippen molar-refractivity contribution in [3.8, 4) is 0 Å². The zero-order chi connectivity index (χ0) is 24.4. The first kappa shape index (κ1) is 22.9. The van der Waals surface area contributed by atoms with Gasteiger partial charge in [0.25, 0.3) is 15.9 Å². The van der Waals surface area contributed by atoms with E-state index in [0.717, 1.165) is 11.3 Å². The van der Waals surface area contributed by atoms with Crippen LogP contribution < -0.4 is 9.21 Å². The second kappa shape index (κ2) is 9.39. The van der Waals surface area contributed by atoms with Gasteiger partial charge < -0.3 is 4.90 Å². The molecule has 1 heterocycles. The predicted octanol–water partition coefficient (Wildman–Crippen LogP) is 6.06. The Hall–Kier alpha value is -3.90. The number of anilines is 2. The van der Waals surface area contributed by atoms with Crippen LogP contribution in [0.2, 0.25) is 0 Å². The molecule has 4 aromatic carbocycles. The topological polar surface area (TPSA) is 57.7 Å². The van der Waals surface area contributed by atoms with Crippen LogP contribution in [0.1, 0.15) is 35.3 Å². The van der Waals surface area contributed by atoms with Crippen LogP contribution in [-0.4, -0.2) is 20.4 Å². The quantitative estimate of drug-likeness (QED) is 0.347. The highest BCUT2D eigenvalue weighted by Gasteiger charge is 2.41. The summed E-state index contributed by atoms with van der Waals surface area (Å²) in [5.74, 6) is -0.0961. The number of amides is 1. The standard InChI is InChI=1S/C29H26N2O3S/c1-22-21-28(26-19-11-12-20-27(26)30(22)29(32)23-13-5-2-6-14-23)31(24-15-7-3-8-16-24)35(33,34)25-17-9-4-10-18-25/h2-20,22,28H,21H2,1H3/t22-,28+/m0/s1. The summed E-state index contributed by atoms with van der Waals surface area (Å²) in [5.41, 5.74) is 2.73. The fraction of sp³-hybridized carbons (Fsp3) is 0.138. The van der Waals surface area contributed by atoms with Crippen molar-refractivity contribution >= 4 is 27.3 Å². The van der Waals surface area contributed by atoms with Gasteiger partial charge in [0, 0.05) is 17.3 Å². The van der Waals surface area contributed by atoms with E-state index in [1.165, 1.54) is 4.31 Å². The van der Waals surface area contributed by atoms with Crippen LogP contribution in [0.3, 0.4) is 0 Å². The molecule has 0 saturated heterocycles. The minimum absolute atomic E-state index is 0.0961. The number of hydrogen-bond donors (Lipinski definition) is 0. The number of hydrogen-bond acceptors (Lipinski definition) is 3. The van der Waals surface area contributed by atoms with Crippen molar-refractivity contribution in [2.75, 3.05) is 9.21 Å². The third-order valence-electron chi connectivity index (χ3n) is 6.39. The van der Waals surface area contributed by atoms with Crippen LogP contribution in [0.5, 0.6) is 0 Å². The van der Waals surface area contributed by atoms with E-state index in [2.05, 4.69) is 0 Å². The molecule has 0 aromatic heterocycles. The molecule has 5 rings (SSSR count). The molecule has 0 radical (unpaired) electrons. The summed E-state index contributed by atoms with van der Waals surface area (Å²) in [6.07, 6.45) is 0.455. The van der Waals surface area contributed by atoms with Crippen LogP contribution in [0.15, 0.2) is 120 Å². The summed E-state index contributed by atoms with van der Waals surface area (Å²) in [5, 5.41) is 0. The van der Waals surface area contributed by atoms with Crippen molar-refractivity contribution in [2.45, 2.75) is 30.3 Å². The fourth-order valence-corrected chi connectivity index (χ4v) is 6.46. The summed E-state index contributed by atoms with van der Waals surface area (Å²) < 4.78 is 29.6. The third-order valence-corrected chi connectivity index (χ3v) is 8.24. The molecule has 0 bridgehead atoms. The van der Waals surface area contributed by atoms with Crippen LogP contribution in [0.25, 0.3) is 0 Å². The first-order chi connectivity index (χ1) is 17.0. The van der Waals surface area contributed by atoms with E-state index in [-0.39, 0.29) is 16.8 Å². The molecular weight excluding hydrogens is 456 g/mol. The van der Waals surface area contributed by atoms with Gasteiger partial charge in [0.1, 0.15) is 0 Å². The highest BCUT2D eigenvalue weighted by molar-refractivity contribution is 7.92. The SMILES string of the molecule is C[C@H]1C[C@@H](N(c2ccccc2)S(=O)(=O)c2ccccc2)c2ccccc2N1C(=O)c1ccccc1. The first-order valence-electron chi connectivity index (χ1n) is 11.6. The van der Waals surface area contributed by atoms with Crippen molar-refractivity contribution in [3.05, 3.63) is 126 Å². The zero-order valence-corrected chi connectivity index (χ0v) is 20.2. The van der Waals surface area contributed by atoms with Crippen molar-refractivity contribution in [1.29, 1.82) is 0 Å². The second-order valence-electron chi connectivity index (χ2n) is 8.65. The lowest BCUT2D eigenvalue weighted by Crippen LogP contribution is -2.47. The van der Waals surface area contributed by atoms with Crippen molar-refractivity contribution in [2.24, 2.45) is 0 Å². The summed E-state index contributed by atoms with van der Waals surface area (Å²) in [6, 6.07) is 33.8. The van der Waals surface area contributed by atoms with Crippen LogP contribution in [0.4, 0.5) is 11.4 Å². The van der Waals surface area contributed by atoms with Gasteiger partial charge in [0.05, 0.1) is 16.6 Å². The van der Waals surface area contributed by atoms with E-state index in [1.54, 1.807) is 47.4 Å². The number of carbonyl (C=O) groups is 1. The number of rotatable bonds is 5. The highest BCUT2D eigenvalue weighted by atomic mass is 32.2. The Bertz CT molecular complexity index is 1420. The molecule has 0 saturated carbocycles. The maximum Gasteiger partial charge on any atom is 0.264 e. The van der Waals surface area contributed by atoms with E-state index >= 15 is 0 Å². The highest BCUT2D eigenvalue weighted by Crippen LogP contribution is 2.44. The van der Waals surface area contributed by atoms with Crippen molar-refractivity contribution in [3.63, 3.8) is 0 Å². The minimum atomic E-state index is -3.88. The average Bonchev–Trinajstić information content (AvgIpc) is 2.90. The largest absolute Gasteiger partial charge is 0.305 e. The maximum absolute atomic E-state index is 14.0. The van der Waals surface area contributed by atoms with Gasteiger partial charge in [-0.15, -0.1) is 0 Å². The number of sulfonamides is 1. The van der Waals surface area contributed by atoms with Gasteiger partial charge in [-0.05, 0) is 61.4 Å². The first-order valence-corrected chi connectivity index (χ1v) is 13.0. The van der Waals surface area contributed by atoms with Gasteiger partial charge >= 0.3 is 0 Å². The molecule has 0 unspecified atom stereocenters. The van der Waals surface area contributed by atoms with E-state index in [1.807, 2.05) is 79.7 Å². The fourth-order valence-electron chi connectivity index (χ4n) is 4.80. The lowest BCUT2D eigenvalue weighted by molar-refractivity contribution is 0.0974. The minimum Gasteiger partial charge on any atom is -0.305 e. The van der Waals surface area contributed by atoms with Crippen LogP contribution in [-0.2, 0) is 10.0 Å². The lowest BCUT2D eigenvalue weighted by atomic mass is 9.90. The molecule has 2 atom stereocenters. The molecule has 5 nitrogen and oxygen atoms in total. The Morgan fingerprint density at radius 2 is 1.31 bits per heavy atom. The molecule has 4 aromatic rings. The molecule has 6 heteroatoms.